The maximum Gasteiger partial charge on any atom is 0.118 e. The van der Waals surface area contributed by atoms with Crippen LogP contribution in [0.15, 0.2) is 24.3 Å². The summed E-state index contributed by atoms with van der Waals surface area (Å²) in [5.74, 6) is 0.755. The van der Waals surface area contributed by atoms with Gasteiger partial charge in [0, 0.05) is 0 Å². The standard InChI is InChI=1S/C18H25NO2/c1-16(2)9-11-18(13-19,12-10-16)17(3,20)14-5-7-15(21-4)8-6-14/h5-8,20H,9-12H2,1-4H3. The highest BCUT2D eigenvalue weighted by molar-refractivity contribution is 5.34. The molecule has 0 bridgehead atoms. The predicted octanol–water partition coefficient (Wildman–Crippen LogP) is 4.01. The highest BCUT2D eigenvalue weighted by Gasteiger charge is 2.51. The van der Waals surface area contributed by atoms with Crippen molar-refractivity contribution < 1.29 is 9.84 Å². The van der Waals surface area contributed by atoms with E-state index < -0.39 is 11.0 Å². The van der Waals surface area contributed by atoms with Crippen LogP contribution < -0.4 is 4.74 Å². The third-order valence-electron chi connectivity index (χ3n) is 5.26. The summed E-state index contributed by atoms with van der Waals surface area (Å²) in [6.45, 7) is 6.24. The van der Waals surface area contributed by atoms with Gasteiger partial charge in [-0.2, -0.15) is 5.26 Å². The maximum absolute atomic E-state index is 11.1. The van der Waals surface area contributed by atoms with Gasteiger partial charge in [-0.3, -0.25) is 0 Å². The molecule has 1 aromatic rings. The molecule has 0 spiro atoms. The molecule has 0 heterocycles. The molecule has 3 nitrogen and oxygen atoms in total. The summed E-state index contributed by atoms with van der Waals surface area (Å²) < 4.78 is 5.16. The van der Waals surface area contributed by atoms with Crippen molar-refractivity contribution >= 4 is 0 Å². The lowest BCUT2D eigenvalue weighted by atomic mass is 9.58. The number of nitrogens with zero attached hydrogens (tertiary/aromatic N) is 1. The monoisotopic (exact) mass is 287 g/mol. The molecular weight excluding hydrogens is 262 g/mol. The fourth-order valence-electron chi connectivity index (χ4n) is 3.25. The highest BCUT2D eigenvalue weighted by atomic mass is 16.5. The number of aliphatic hydroxyl groups is 1. The zero-order valence-electron chi connectivity index (χ0n) is 13.4. The van der Waals surface area contributed by atoms with Crippen molar-refractivity contribution in [3.05, 3.63) is 29.8 Å². The number of nitriles is 1. The number of ether oxygens (including phenoxy) is 1. The van der Waals surface area contributed by atoms with E-state index in [1.165, 1.54) is 0 Å². The number of benzene rings is 1. The van der Waals surface area contributed by atoms with E-state index in [0.29, 0.717) is 0 Å². The molecule has 21 heavy (non-hydrogen) atoms. The van der Waals surface area contributed by atoms with Gasteiger partial charge in [0.1, 0.15) is 11.4 Å². The Hall–Kier alpha value is -1.53. The third-order valence-corrected chi connectivity index (χ3v) is 5.26. The van der Waals surface area contributed by atoms with Gasteiger partial charge in [0.25, 0.3) is 0 Å². The summed E-state index contributed by atoms with van der Waals surface area (Å²) in [5.41, 5.74) is -0.817. The van der Waals surface area contributed by atoms with Gasteiger partial charge in [-0.25, -0.2) is 0 Å². The van der Waals surface area contributed by atoms with Crippen molar-refractivity contribution in [1.29, 1.82) is 5.26 Å². The van der Waals surface area contributed by atoms with Crippen molar-refractivity contribution in [3.8, 4) is 11.8 Å². The highest BCUT2D eigenvalue weighted by Crippen LogP contribution is 2.53. The summed E-state index contributed by atoms with van der Waals surface area (Å²) in [5, 5.41) is 20.9. The maximum atomic E-state index is 11.1. The zero-order valence-corrected chi connectivity index (χ0v) is 13.4. The number of hydrogen-bond donors (Lipinski definition) is 1. The minimum atomic E-state index is -1.15. The van der Waals surface area contributed by atoms with Gasteiger partial charge in [0.2, 0.25) is 0 Å². The van der Waals surface area contributed by atoms with Gasteiger partial charge in [-0.1, -0.05) is 26.0 Å². The average molecular weight is 287 g/mol. The van der Waals surface area contributed by atoms with Crippen LogP contribution in [0.4, 0.5) is 0 Å². The molecule has 0 saturated heterocycles. The molecule has 0 radical (unpaired) electrons. The number of rotatable bonds is 3. The fraction of sp³-hybridized carbons (Fsp3) is 0.611. The SMILES string of the molecule is COc1ccc(C(C)(O)C2(C#N)CCC(C)(C)CC2)cc1. The quantitative estimate of drug-likeness (QED) is 0.913. The number of methoxy groups -OCH3 is 1. The van der Waals surface area contributed by atoms with Crippen molar-refractivity contribution in [1.82, 2.24) is 0 Å². The molecule has 0 aliphatic heterocycles. The van der Waals surface area contributed by atoms with Crippen molar-refractivity contribution in [2.45, 2.75) is 52.1 Å². The molecule has 1 aromatic carbocycles. The van der Waals surface area contributed by atoms with Crippen molar-refractivity contribution in [2.75, 3.05) is 7.11 Å². The van der Waals surface area contributed by atoms with Gasteiger partial charge >= 0.3 is 0 Å². The molecule has 0 aromatic heterocycles. The van der Waals surface area contributed by atoms with E-state index in [2.05, 4.69) is 19.9 Å². The first-order valence-corrected chi connectivity index (χ1v) is 7.55. The Morgan fingerprint density at radius 2 is 1.67 bits per heavy atom. The fourth-order valence-corrected chi connectivity index (χ4v) is 3.25. The van der Waals surface area contributed by atoms with Crippen LogP contribution in [0, 0.1) is 22.2 Å². The normalized spacial score (nSPS) is 22.9. The van der Waals surface area contributed by atoms with E-state index in [9.17, 15) is 10.4 Å². The third kappa shape index (κ3) is 2.78. The lowest BCUT2D eigenvalue weighted by molar-refractivity contribution is -0.0773. The Morgan fingerprint density at radius 1 is 1.14 bits per heavy atom. The summed E-state index contributed by atoms with van der Waals surface area (Å²) >= 11 is 0. The van der Waals surface area contributed by atoms with Crippen LogP contribution in [0.25, 0.3) is 0 Å². The smallest absolute Gasteiger partial charge is 0.118 e. The lowest BCUT2D eigenvalue weighted by Gasteiger charge is -2.47. The molecule has 1 atom stereocenters. The summed E-state index contributed by atoms with van der Waals surface area (Å²) in [7, 11) is 1.62. The first kappa shape index (κ1) is 15.9. The Kier molecular flexibility index (Phi) is 4.04. The van der Waals surface area contributed by atoms with E-state index >= 15 is 0 Å². The van der Waals surface area contributed by atoms with Crippen molar-refractivity contribution in [2.24, 2.45) is 10.8 Å². The largest absolute Gasteiger partial charge is 0.497 e. The second-order valence-electron chi connectivity index (χ2n) is 7.16. The summed E-state index contributed by atoms with van der Waals surface area (Å²) in [6.07, 6.45) is 3.39. The molecule has 1 unspecified atom stereocenters. The van der Waals surface area contributed by atoms with Crippen LogP contribution in [-0.2, 0) is 5.60 Å². The predicted molar refractivity (Wildman–Crippen MR) is 82.9 cm³/mol. The van der Waals surface area contributed by atoms with Crippen LogP contribution in [0.2, 0.25) is 0 Å². The minimum absolute atomic E-state index is 0.260. The molecule has 1 saturated carbocycles. The Balaban J connectivity index is 2.33. The average Bonchev–Trinajstić information content (AvgIpc) is 2.47. The Bertz CT molecular complexity index is 527. The summed E-state index contributed by atoms with van der Waals surface area (Å²) in [6, 6.07) is 9.83. The van der Waals surface area contributed by atoms with Crippen LogP contribution in [0.3, 0.4) is 0 Å². The molecule has 0 amide bonds. The van der Waals surface area contributed by atoms with Gasteiger partial charge in [-0.05, 0) is 55.7 Å². The minimum Gasteiger partial charge on any atom is -0.497 e. The lowest BCUT2D eigenvalue weighted by Crippen LogP contribution is -2.46. The first-order valence-electron chi connectivity index (χ1n) is 7.55. The Labute approximate surface area is 127 Å². The molecular formula is C18H25NO2. The van der Waals surface area contributed by atoms with Gasteiger partial charge in [-0.15, -0.1) is 0 Å². The van der Waals surface area contributed by atoms with E-state index in [1.807, 2.05) is 24.3 Å². The van der Waals surface area contributed by atoms with Crippen LogP contribution in [-0.4, -0.2) is 12.2 Å². The van der Waals surface area contributed by atoms with E-state index in [1.54, 1.807) is 14.0 Å². The molecule has 1 aliphatic carbocycles. The van der Waals surface area contributed by atoms with E-state index in [-0.39, 0.29) is 5.41 Å². The van der Waals surface area contributed by atoms with E-state index in [0.717, 1.165) is 37.0 Å². The topological polar surface area (TPSA) is 53.2 Å². The number of hydrogen-bond acceptors (Lipinski definition) is 3. The zero-order chi connectivity index (χ0) is 15.7. The molecule has 2 rings (SSSR count). The summed E-state index contributed by atoms with van der Waals surface area (Å²) in [4.78, 5) is 0. The molecule has 3 heteroatoms. The second-order valence-corrected chi connectivity index (χ2v) is 7.16. The van der Waals surface area contributed by atoms with Gasteiger partial charge in [0.05, 0.1) is 18.6 Å². The molecule has 1 fully saturated rings. The molecule has 1 N–H and O–H groups in total. The molecule has 114 valence electrons. The van der Waals surface area contributed by atoms with E-state index in [4.69, 9.17) is 4.74 Å². The van der Waals surface area contributed by atoms with Crippen LogP contribution >= 0.6 is 0 Å². The van der Waals surface area contributed by atoms with Gasteiger partial charge < -0.3 is 9.84 Å². The molecule has 1 aliphatic rings. The second kappa shape index (κ2) is 5.35. The van der Waals surface area contributed by atoms with Crippen LogP contribution in [0.1, 0.15) is 52.0 Å². The first-order chi connectivity index (χ1) is 9.76. The van der Waals surface area contributed by atoms with Gasteiger partial charge in [0.15, 0.2) is 0 Å². The van der Waals surface area contributed by atoms with Crippen LogP contribution in [0.5, 0.6) is 5.75 Å². The van der Waals surface area contributed by atoms with Crippen molar-refractivity contribution in [3.63, 3.8) is 0 Å². The Morgan fingerprint density at radius 3 is 2.10 bits per heavy atom.